The van der Waals surface area contributed by atoms with Crippen molar-refractivity contribution in [3.8, 4) is 0 Å². The van der Waals surface area contributed by atoms with Crippen molar-refractivity contribution in [2.24, 2.45) is 5.92 Å². The van der Waals surface area contributed by atoms with E-state index in [4.69, 9.17) is 11.6 Å². The van der Waals surface area contributed by atoms with Gasteiger partial charge in [-0.05, 0) is 12.1 Å². The highest BCUT2D eigenvalue weighted by atomic mass is 35.5. The van der Waals surface area contributed by atoms with Crippen molar-refractivity contribution < 1.29 is 18.9 Å². The van der Waals surface area contributed by atoms with Crippen LogP contribution in [0.5, 0.6) is 0 Å². The molecule has 0 unspecified atom stereocenters. The fourth-order valence-electron chi connectivity index (χ4n) is 3.12. The summed E-state index contributed by atoms with van der Waals surface area (Å²) in [4.78, 5) is 35.6. The molecule has 5 nitrogen and oxygen atoms in total. The standard InChI is InChI=1S/C17H11ClFNO4/c18-12-6-3-7-13(19)14(12)11(8-20(23)24)15-16(21)9-4-1-2-5-10(9)17(15)22/h1-7,11,15H,8H2/t11-/m1/s1. The summed E-state index contributed by atoms with van der Waals surface area (Å²) < 4.78 is 14.3. The largest absolute Gasteiger partial charge is 0.293 e. The lowest BCUT2D eigenvalue weighted by Crippen LogP contribution is -2.30. The second-order valence-corrected chi connectivity index (χ2v) is 5.92. The topological polar surface area (TPSA) is 77.3 Å². The van der Waals surface area contributed by atoms with Crippen molar-refractivity contribution in [1.82, 2.24) is 0 Å². The maximum atomic E-state index is 14.3. The highest BCUT2D eigenvalue weighted by Gasteiger charge is 2.47. The Bertz CT molecular complexity index is 812. The predicted octanol–water partition coefficient (Wildman–Crippen LogP) is 3.53. The summed E-state index contributed by atoms with van der Waals surface area (Å²) in [5.74, 6) is -4.46. The Hall–Kier alpha value is -2.60. The molecule has 0 radical (unpaired) electrons. The van der Waals surface area contributed by atoms with Gasteiger partial charge in [0.05, 0.1) is 11.8 Å². The highest BCUT2D eigenvalue weighted by Crippen LogP contribution is 2.40. The summed E-state index contributed by atoms with van der Waals surface area (Å²) >= 11 is 6.01. The molecule has 1 aliphatic rings. The Balaban J connectivity index is 2.14. The van der Waals surface area contributed by atoms with Crippen molar-refractivity contribution in [2.45, 2.75) is 5.92 Å². The molecule has 1 atom stereocenters. The van der Waals surface area contributed by atoms with Gasteiger partial charge in [-0.25, -0.2) is 4.39 Å². The first-order valence-corrected chi connectivity index (χ1v) is 7.52. The van der Waals surface area contributed by atoms with E-state index in [1.54, 1.807) is 12.1 Å². The summed E-state index contributed by atoms with van der Waals surface area (Å²) in [6.45, 7) is -0.767. The van der Waals surface area contributed by atoms with E-state index >= 15 is 0 Å². The molecule has 0 bridgehead atoms. The van der Waals surface area contributed by atoms with Crippen LogP contribution in [-0.2, 0) is 0 Å². The predicted molar refractivity (Wildman–Crippen MR) is 84.6 cm³/mol. The van der Waals surface area contributed by atoms with Crippen molar-refractivity contribution in [1.29, 1.82) is 0 Å². The Morgan fingerprint density at radius 3 is 2.17 bits per heavy atom. The fraction of sp³-hybridized carbons (Fsp3) is 0.176. The van der Waals surface area contributed by atoms with Gasteiger partial charge in [0.1, 0.15) is 5.82 Å². The minimum absolute atomic E-state index is 0.0431. The molecule has 0 aliphatic heterocycles. The zero-order chi connectivity index (χ0) is 17.4. The van der Waals surface area contributed by atoms with Crippen LogP contribution < -0.4 is 0 Å². The zero-order valence-corrected chi connectivity index (χ0v) is 13.0. The van der Waals surface area contributed by atoms with Gasteiger partial charge in [-0.2, -0.15) is 0 Å². The van der Waals surface area contributed by atoms with Crippen LogP contribution in [0.3, 0.4) is 0 Å². The first kappa shape index (κ1) is 16.3. The fourth-order valence-corrected chi connectivity index (χ4v) is 3.42. The van der Waals surface area contributed by atoms with Gasteiger partial charge in [-0.3, -0.25) is 19.7 Å². The van der Waals surface area contributed by atoms with Gasteiger partial charge in [0, 0.05) is 26.6 Å². The molecule has 7 heteroatoms. The summed E-state index contributed by atoms with van der Waals surface area (Å²) in [5, 5.41) is 11.0. The molecule has 0 saturated heterocycles. The monoisotopic (exact) mass is 347 g/mol. The number of Topliss-reactive ketones (excluding diaryl/α,β-unsaturated/α-hetero) is 2. The molecule has 2 aromatic rings. The van der Waals surface area contributed by atoms with Crippen LogP contribution in [0.2, 0.25) is 5.02 Å². The molecule has 0 N–H and O–H groups in total. The van der Waals surface area contributed by atoms with Crippen LogP contribution in [0.4, 0.5) is 4.39 Å². The second-order valence-electron chi connectivity index (χ2n) is 5.51. The summed E-state index contributed by atoms with van der Waals surface area (Å²) in [6.07, 6.45) is 0. The quantitative estimate of drug-likeness (QED) is 0.481. The van der Waals surface area contributed by atoms with Gasteiger partial charge in [0.2, 0.25) is 6.54 Å². The lowest BCUT2D eigenvalue weighted by Gasteiger charge is -2.20. The van der Waals surface area contributed by atoms with E-state index in [0.717, 1.165) is 6.07 Å². The van der Waals surface area contributed by atoms with Crippen molar-refractivity contribution in [2.75, 3.05) is 6.54 Å². The third kappa shape index (κ3) is 2.59. The molecule has 0 spiro atoms. The third-order valence-corrected chi connectivity index (χ3v) is 4.47. The average Bonchev–Trinajstić information content (AvgIpc) is 2.78. The van der Waals surface area contributed by atoms with Gasteiger partial charge in [-0.15, -0.1) is 0 Å². The maximum Gasteiger partial charge on any atom is 0.212 e. The van der Waals surface area contributed by atoms with Crippen molar-refractivity contribution in [3.05, 3.63) is 80.1 Å². The molecule has 0 aromatic heterocycles. The lowest BCUT2D eigenvalue weighted by atomic mass is 9.82. The molecule has 2 aromatic carbocycles. The summed E-state index contributed by atoms with van der Waals surface area (Å²) in [7, 11) is 0. The van der Waals surface area contributed by atoms with Gasteiger partial charge >= 0.3 is 0 Å². The summed E-state index contributed by atoms with van der Waals surface area (Å²) in [6, 6.07) is 10.0. The molecule has 0 heterocycles. The molecule has 0 saturated carbocycles. The Labute approximate surface area is 141 Å². The average molecular weight is 348 g/mol. The number of nitro groups is 1. The molecule has 0 amide bonds. The van der Waals surface area contributed by atoms with E-state index < -0.39 is 40.7 Å². The minimum atomic E-state index is -1.35. The molecule has 3 rings (SSSR count). The summed E-state index contributed by atoms with van der Waals surface area (Å²) in [5.41, 5.74) is 0.233. The zero-order valence-electron chi connectivity index (χ0n) is 12.2. The van der Waals surface area contributed by atoms with Crippen LogP contribution >= 0.6 is 11.6 Å². The second kappa shape index (κ2) is 6.13. The van der Waals surface area contributed by atoms with Gasteiger partial charge in [0.25, 0.3) is 0 Å². The van der Waals surface area contributed by atoms with Crippen molar-refractivity contribution in [3.63, 3.8) is 0 Å². The normalized spacial score (nSPS) is 15.4. The number of rotatable bonds is 4. The Morgan fingerprint density at radius 2 is 1.67 bits per heavy atom. The lowest BCUT2D eigenvalue weighted by molar-refractivity contribution is -0.484. The van der Waals surface area contributed by atoms with Gasteiger partial charge in [-0.1, -0.05) is 41.9 Å². The molecular formula is C17H11ClFNO4. The molecule has 1 aliphatic carbocycles. The number of fused-ring (bicyclic) bond motifs is 1. The molecule has 122 valence electrons. The van der Waals surface area contributed by atoms with Crippen LogP contribution in [0, 0.1) is 21.8 Å². The van der Waals surface area contributed by atoms with Crippen LogP contribution in [0.25, 0.3) is 0 Å². The minimum Gasteiger partial charge on any atom is -0.293 e. The number of hydrogen-bond acceptors (Lipinski definition) is 4. The molecule has 0 fully saturated rings. The number of ketones is 2. The Kier molecular flexibility index (Phi) is 4.15. The number of carbonyl (C=O) groups excluding carboxylic acids is 2. The number of hydrogen-bond donors (Lipinski definition) is 0. The first-order valence-electron chi connectivity index (χ1n) is 7.15. The van der Waals surface area contributed by atoms with Crippen molar-refractivity contribution >= 4 is 23.2 Å². The van der Waals surface area contributed by atoms with Crippen LogP contribution in [0.15, 0.2) is 42.5 Å². The Morgan fingerprint density at radius 1 is 1.08 bits per heavy atom. The van der Waals surface area contributed by atoms with Crippen LogP contribution in [0.1, 0.15) is 32.2 Å². The van der Waals surface area contributed by atoms with E-state index in [2.05, 4.69) is 0 Å². The molecular weight excluding hydrogens is 337 g/mol. The smallest absolute Gasteiger partial charge is 0.212 e. The van der Waals surface area contributed by atoms with Gasteiger partial charge < -0.3 is 0 Å². The SMILES string of the molecule is O=C1c2ccccc2C(=O)C1[C@H](C[N+](=O)[O-])c1c(F)cccc1Cl. The van der Waals surface area contributed by atoms with E-state index in [-0.39, 0.29) is 21.7 Å². The van der Waals surface area contributed by atoms with E-state index in [1.807, 2.05) is 0 Å². The van der Waals surface area contributed by atoms with E-state index in [1.165, 1.54) is 24.3 Å². The van der Waals surface area contributed by atoms with E-state index in [0.29, 0.717) is 0 Å². The number of nitrogens with zero attached hydrogens (tertiary/aromatic N) is 1. The van der Waals surface area contributed by atoms with Gasteiger partial charge in [0.15, 0.2) is 11.6 Å². The molecule has 24 heavy (non-hydrogen) atoms. The third-order valence-electron chi connectivity index (χ3n) is 4.14. The number of halogens is 2. The maximum absolute atomic E-state index is 14.3. The number of carbonyl (C=O) groups is 2. The highest BCUT2D eigenvalue weighted by molar-refractivity contribution is 6.32. The first-order chi connectivity index (χ1) is 11.4. The number of benzene rings is 2. The van der Waals surface area contributed by atoms with Crippen LogP contribution in [-0.4, -0.2) is 23.0 Å². The van der Waals surface area contributed by atoms with E-state index in [9.17, 15) is 24.1 Å².